The molecular formula is C46H59N3O9. The number of hydrogen-bond acceptors (Lipinski definition) is 9. The predicted octanol–water partition coefficient (Wildman–Crippen LogP) is 5.30. The Bertz CT molecular complexity index is 1810. The van der Waals surface area contributed by atoms with Crippen molar-refractivity contribution >= 4 is 35.6 Å². The van der Waals surface area contributed by atoms with Gasteiger partial charge in [-0.2, -0.15) is 0 Å². The van der Waals surface area contributed by atoms with E-state index in [1.165, 1.54) is 35.8 Å². The molecule has 0 aliphatic carbocycles. The van der Waals surface area contributed by atoms with Crippen LogP contribution in [0, 0.1) is 17.8 Å². The molecule has 58 heavy (non-hydrogen) atoms. The molecule has 0 saturated carbocycles. The highest BCUT2D eigenvalue weighted by molar-refractivity contribution is 5.94. The zero-order valence-corrected chi connectivity index (χ0v) is 35.2. The topological polar surface area (TPSA) is 140 Å². The van der Waals surface area contributed by atoms with Gasteiger partial charge in [0.25, 0.3) is 17.7 Å². The second-order valence-electron chi connectivity index (χ2n) is 16.2. The van der Waals surface area contributed by atoms with Crippen LogP contribution in [0.4, 0.5) is 0 Å². The van der Waals surface area contributed by atoms with Crippen LogP contribution in [0.5, 0.6) is 0 Å². The maximum atomic E-state index is 14.5. The van der Waals surface area contributed by atoms with Crippen molar-refractivity contribution in [3.8, 4) is 0 Å². The highest BCUT2D eigenvalue weighted by atomic mass is 16.6. The number of hydrogen-bond donors (Lipinski definition) is 0. The van der Waals surface area contributed by atoms with E-state index in [0.717, 1.165) is 16.7 Å². The lowest BCUT2D eigenvalue weighted by Crippen LogP contribution is -2.56. The number of carbonyl (C=O) groups excluding carboxylic acids is 6. The lowest BCUT2D eigenvalue weighted by atomic mass is 9.99. The molecule has 0 unspecified atom stereocenters. The van der Waals surface area contributed by atoms with Crippen LogP contribution in [0.1, 0.15) is 64.7 Å². The van der Waals surface area contributed by atoms with Gasteiger partial charge in [-0.15, -0.1) is 0 Å². The monoisotopic (exact) mass is 797 g/mol. The summed E-state index contributed by atoms with van der Waals surface area (Å²) in [4.78, 5) is 90.3. The van der Waals surface area contributed by atoms with Crippen LogP contribution in [0.2, 0.25) is 0 Å². The van der Waals surface area contributed by atoms with E-state index in [9.17, 15) is 28.8 Å². The van der Waals surface area contributed by atoms with Crippen molar-refractivity contribution in [3.63, 3.8) is 0 Å². The molecule has 1 heterocycles. The molecule has 1 aliphatic heterocycles. The fourth-order valence-corrected chi connectivity index (χ4v) is 6.93. The van der Waals surface area contributed by atoms with Crippen LogP contribution < -0.4 is 0 Å². The fourth-order valence-electron chi connectivity index (χ4n) is 6.93. The highest BCUT2D eigenvalue weighted by Gasteiger charge is 2.43. The van der Waals surface area contributed by atoms with Gasteiger partial charge in [0.2, 0.25) is 0 Å². The third kappa shape index (κ3) is 11.8. The Morgan fingerprint density at radius 2 is 0.741 bits per heavy atom. The van der Waals surface area contributed by atoms with E-state index in [0.29, 0.717) is 0 Å². The van der Waals surface area contributed by atoms with Crippen LogP contribution in [0.15, 0.2) is 91.0 Å². The second kappa shape index (κ2) is 20.8. The average Bonchev–Trinajstić information content (AvgIpc) is 3.20. The van der Waals surface area contributed by atoms with Gasteiger partial charge in [-0.3, -0.25) is 14.4 Å². The molecule has 12 heteroatoms. The zero-order chi connectivity index (χ0) is 42.7. The molecule has 0 spiro atoms. The Morgan fingerprint density at radius 3 is 1.03 bits per heavy atom. The van der Waals surface area contributed by atoms with Gasteiger partial charge in [0.05, 0.1) is 0 Å². The normalized spacial score (nSPS) is 23.5. The number of amides is 3. The van der Waals surface area contributed by atoms with E-state index in [-0.39, 0.29) is 31.6 Å². The summed E-state index contributed by atoms with van der Waals surface area (Å²) >= 11 is 0. The van der Waals surface area contributed by atoms with Gasteiger partial charge in [-0.25, -0.2) is 14.4 Å². The first-order chi connectivity index (χ1) is 27.5. The molecule has 3 aromatic carbocycles. The molecule has 0 bridgehead atoms. The molecule has 0 radical (unpaired) electrons. The van der Waals surface area contributed by atoms with Crippen molar-refractivity contribution in [2.45, 2.75) is 104 Å². The maximum absolute atomic E-state index is 14.5. The number of ether oxygens (including phenoxy) is 3. The molecule has 0 N–H and O–H groups in total. The molecule has 4 rings (SSSR count). The van der Waals surface area contributed by atoms with E-state index in [2.05, 4.69) is 0 Å². The molecule has 3 aromatic rings. The Morgan fingerprint density at radius 1 is 0.448 bits per heavy atom. The molecular weight excluding hydrogens is 739 g/mol. The summed E-state index contributed by atoms with van der Waals surface area (Å²) < 4.78 is 18.2. The number of benzene rings is 3. The quantitative estimate of drug-likeness (QED) is 0.198. The van der Waals surface area contributed by atoms with Gasteiger partial charge in [-0.1, -0.05) is 133 Å². The van der Waals surface area contributed by atoms with Crippen molar-refractivity contribution in [2.75, 3.05) is 21.1 Å². The number of likely N-dealkylation sites (N-methyl/N-ethyl adjacent to an activating group) is 3. The van der Waals surface area contributed by atoms with Crippen molar-refractivity contribution < 1.29 is 43.0 Å². The lowest BCUT2D eigenvalue weighted by molar-refractivity contribution is -0.178. The van der Waals surface area contributed by atoms with E-state index >= 15 is 0 Å². The zero-order valence-electron chi connectivity index (χ0n) is 35.2. The summed E-state index contributed by atoms with van der Waals surface area (Å²) in [6.45, 7) is 10.6. The van der Waals surface area contributed by atoms with Crippen LogP contribution in [-0.2, 0) is 62.2 Å². The first-order valence-electron chi connectivity index (χ1n) is 20.0. The number of rotatable bonds is 10. The third-order valence-electron chi connectivity index (χ3n) is 10.5. The minimum Gasteiger partial charge on any atom is -0.451 e. The van der Waals surface area contributed by atoms with E-state index in [4.69, 9.17) is 14.2 Å². The molecule has 0 aromatic heterocycles. The van der Waals surface area contributed by atoms with E-state index in [1.54, 1.807) is 39.8 Å². The van der Waals surface area contributed by atoms with E-state index < -0.39 is 83.9 Å². The average molecular weight is 798 g/mol. The van der Waals surface area contributed by atoms with E-state index in [1.807, 2.05) is 92.7 Å². The molecule has 1 saturated heterocycles. The minimum absolute atomic E-state index is 0.0313. The van der Waals surface area contributed by atoms with Crippen LogP contribution >= 0.6 is 0 Å². The highest BCUT2D eigenvalue weighted by Crippen LogP contribution is 2.24. The molecule has 12 nitrogen and oxygen atoms in total. The van der Waals surface area contributed by atoms with Gasteiger partial charge < -0.3 is 28.9 Å². The fraction of sp³-hybridized carbons (Fsp3) is 0.478. The summed E-state index contributed by atoms with van der Waals surface area (Å²) in [5.74, 6) is -5.70. The summed E-state index contributed by atoms with van der Waals surface area (Å²) in [5, 5.41) is 0. The smallest absolute Gasteiger partial charge is 0.329 e. The number of nitrogens with zero attached hydrogens (tertiary/aromatic N) is 3. The first kappa shape index (κ1) is 45.2. The molecule has 1 aliphatic rings. The summed E-state index contributed by atoms with van der Waals surface area (Å²) in [6, 6.07) is 23.5. The Labute approximate surface area is 342 Å². The maximum Gasteiger partial charge on any atom is 0.329 e. The SMILES string of the molecule is CC(C)C[C@H]1OC(=O)[C@H](Cc2ccccc2)N(C)C(=O)[C@@H](C(C)C)OC(=O)[C@H](Cc2ccccc2)N(C)C(=O)[C@@H](C(C)C)OC(=O)[C@H](Cc2ccccc2)N(C)C1=O. The number of esters is 3. The Kier molecular flexibility index (Phi) is 16.2. The minimum atomic E-state index is -1.36. The van der Waals surface area contributed by atoms with Gasteiger partial charge >= 0.3 is 17.9 Å². The standard InChI is InChI=1S/C46H59N3O9/c1-29(2)25-38-41(50)47(7)36(27-33-21-15-11-16-22-33)45(54)57-40(31(5)6)43(52)49(9)37(28-34-23-17-12-18-24-34)46(55)58-39(30(3)4)42(51)48(8)35(44(53)56-38)26-32-19-13-10-14-20-32/h10-24,29-31,35-40H,25-28H2,1-9H3/t35-,36-,37-,38+,39+,40+/m0/s1. The van der Waals surface area contributed by atoms with Crippen LogP contribution in [0.3, 0.4) is 0 Å². The largest absolute Gasteiger partial charge is 0.451 e. The van der Waals surface area contributed by atoms with Crippen molar-refractivity contribution in [1.82, 2.24) is 14.7 Å². The van der Waals surface area contributed by atoms with Crippen LogP contribution in [0.25, 0.3) is 0 Å². The van der Waals surface area contributed by atoms with Gasteiger partial charge in [0.15, 0.2) is 18.3 Å². The summed E-state index contributed by atoms with van der Waals surface area (Å²) in [5.41, 5.74) is 2.17. The Hall–Kier alpha value is -5.52. The summed E-state index contributed by atoms with van der Waals surface area (Å²) in [7, 11) is 4.34. The molecule has 312 valence electrons. The van der Waals surface area contributed by atoms with Crippen molar-refractivity contribution in [1.29, 1.82) is 0 Å². The number of carbonyl (C=O) groups is 6. The molecule has 1 fully saturated rings. The molecule has 6 atom stereocenters. The van der Waals surface area contributed by atoms with Gasteiger partial charge in [-0.05, 0) is 40.9 Å². The summed E-state index contributed by atoms with van der Waals surface area (Å²) in [6.07, 6.45) is -3.84. The van der Waals surface area contributed by atoms with Gasteiger partial charge in [0.1, 0.15) is 18.1 Å². The van der Waals surface area contributed by atoms with Gasteiger partial charge in [0, 0.05) is 40.4 Å². The third-order valence-corrected chi connectivity index (χ3v) is 10.5. The van der Waals surface area contributed by atoms with Crippen molar-refractivity contribution in [3.05, 3.63) is 108 Å². The predicted molar refractivity (Wildman–Crippen MR) is 219 cm³/mol. The first-order valence-corrected chi connectivity index (χ1v) is 20.0. The second-order valence-corrected chi connectivity index (χ2v) is 16.2. The number of cyclic esters (lactones) is 3. The van der Waals surface area contributed by atoms with Crippen molar-refractivity contribution in [2.24, 2.45) is 17.8 Å². The lowest BCUT2D eigenvalue weighted by Gasteiger charge is -2.36. The molecule has 3 amide bonds. The van der Waals surface area contributed by atoms with Crippen LogP contribution in [-0.4, -0.2) is 108 Å². The Balaban J connectivity index is 1.89.